The van der Waals surface area contributed by atoms with Crippen molar-refractivity contribution >= 4 is 63.5 Å². The molecule has 1 aliphatic heterocycles. The van der Waals surface area contributed by atoms with Gasteiger partial charge in [-0.2, -0.15) is 0 Å². The minimum Gasteiger partial charge on any atom is -0.488 e. The van der Waals surface area contributed by atoms with Crippen molar-refractivity contribution in [2.24, 2.45) is 0 Å². The Bertz CT molecular complexity index is 1310. The number of benzene rings is 3. The van der Waals surface area contributed by atoms with Gasteiger partial charge < -0.3 is 4.74 Å². The van der Waals surface area contributed by atoms with E-state index in [1.54, 1.807) is 36.4 Å². The molecule has 0 spiro atoms. The zero-order valence-electron chi connectivity index (χ0n) is 18.2. The average molecular weight is 586 g/mol. The summed E-state index contributed by atoms with van der Waals surface area (Å²) in [6.45, 7) is 2.14. The first kappa shape index (κ1) is 24.0. The fourth-order valence-electron chi connectivity index (χ4n) is 3.43. The first-order chi connectivity index (χ1) is 16.4. The van der Waals surface area contributed by atoms with E-state index in [1.807, 2.05) is 31.2 Å². The summed E-state index contributed by atoms with van der Waals surface area (Å²) in [6.07, 6.45) is 2.40. The van der Waals surface area contributed by atoms with Crippen LogP contribution in [0.15, 0.2) is 72.3 Å². The van der Waals surface area contributed by atoms with Crippen molar-refractivity contribution in [2.75, 3.05) is 4.90 Å². The second-order valence-electron chi connectivity index (χ2n) is 7.55. The van der Waals surface area contributed by atoms with Crippen molar-refractivity contribution in [3.8, 4) is 5.75 Å². The highest BCUT2D eigenvalue weighted by Crippen LogP contribution is 2.27. The Morgan fingerprint density at radius 3 is 2.50 bits per heavy atom. The van der Waals surface area contributed by atoms with E-state index in [0.29, 0.717) is 22.6 Å². The van der Waals surface area contributed by atoms with E-state index < -0.39 is 11.8 Å². The molecule has 2 amide bonds. The summed E-state index contributed by atoms with van der Waals surface area (Å²) in [7, 11) is 0. The Kier molecular flexibility index (Phi) is 7.38. The first-order valence-electron chi connectivity index (χ1n) is 10.5. The molecule has 172 valence electrons. The molecule has 1 fully saturated rings. The highest BCUT2D eigenvalue weighted by Gasteiger charge is 2.34. The molecule has 0 atom stereocenters. The van der Waals surface area contributed by atoms with E-state index in [1.165, 1.54) is 17.0 Å². The van der Waals surface area contributed by atoms with Gasteiger partial charge in [0, 0.05) is 5.56 Å². The van der Waals surface area contributed by atoms with E-state index in [4.69, 9.17) is 17.0 Å². The number of nitrogens with one attached hydrogen (secondary N) is 1. The Morgan fingerprint density at radius 2 is 1.82 bits per heavy atom. The summed E-state index contributed by atoms with van der Waals surface area (Å²) in [6, 6.07) is 19.2. The third kappa shape index (κ3) is 5.18. The third-order valence-corrected chi connectivity index (χ3v) is 6.44. The van der Waals surface area contributed by atoms with Gasteiger partial charge in [-0.15, -0.1) is 0 Å². The summed E-state index contributed by atoms with van der Waals surface area (Å²) in [5, 5.41) is 2.64. The van der Waals surface area contributed by atoms with Gasteiger partial charge >= 0.3 is 0 Å². The molecule has 8 heteroatoms. The van der Waals surface area contributed by atoms with Crippen LogP contribution in [0.2, 0.25) is 0 Å². The third-order valence-electron chi connectivity index (χ3n) is 5.31. The highest BCUT2D eigenvalue weighted by atomic mass is 127. The first-order valence-corrected chi connectivity index (χ1v) is 12.0. The lowest BCUT2D eigenvalue weighted by Crippen LogP contribution is -2.54. The molecule has 1 aliphatic rings. The number of thiocarbonyl (C=S) groups is 1. The van der Waals surface area contributed by atoms with Gasteiger partial charge in [0.2, 0.25) is 0 Å². The summed E-state index contributed by atoms with van der Waals surface area (Å²) in [5.74, 6) is -0.795. The van der Waals surface area contributed by atoms with Crippen LogP contribution in [-0.4, -0.2) is 16.9 Å². The number of hydrogen-bond acceptors (Lipinski definition) is 4. The van der Waals surface area contributed by atoms with Gasteiger partial charge in [-0.1, -0.05) is 43.3 Å². The average Bonchev–Trinajstić information content (AvgIpc) is 2.82. The van der Waals surface area contributed by atoms with Crippen LogP contribution in [0, 0.1) is 9.39 Å². The summed E-state index contributed by atoms with van der Waals surface area (Å²) >= 11 is 7.36. The largest absolute Gasteiger partial charge is 0.488 e. The quantitative estimate of drug-likeness (QED) is 0.182. The van der Waals surface area contributed by atoms with E-state index in [-0.39, 0.29) is 23.1 Å². The summed E-state index contributed by atoms with van der Waals surface area (Å²) in [4.78, 5) is 27.1. The molecule has 3 aromatic carbocycles. The van der Waals surface area contributed by atoms with Crippen LogP contribution < -0.4 is 15.0 Å². The smallest absolute Gasteiger partial charge is 0.270 e. The number of rotatable bonds is 6. The van der Waals surface area contributed by atoms with Gasteiger partial charge in [0.15, 0.2) is 5.11 Å². The van der Waals surface area contributed by atoms with Gasteiger partial charge in [0.25, 0.3) is 11.8 Å². The lowest BCUT2D eigenvalue weighted by Gasteiger charge is -2.29. The molecule has 34 heavy (non-hydrogen) atoms. The number of amides is 2. The van der Waals surface area contributed by atoms with E-state index in [0.717, 1.165) is 15.6 Å². The van der Waals surface area contributed by atoms with Crippen molar-refractivity contribution < 1.29 is 18.7 Å². The molecule has 1 saturated heterocycles. The van der Waals surface area contributed by atoms with Crippen LogP contribution in [0.25, 0.3) is 6.08 Å². The molecule has 0 radical (unpaired) electrons. The zero-order valence-corrected chi connectivity index (χ0v) is 21.2. The predicted molar refractivity (Wildman–Crippen MR) is 142 cm³/mol. The number of carbonyl (C=O) groups is 2. The fraction of sp³-hybridized carbons (Fsp3) is 0.115. The van der Waals surface area contributed by atoms with Crippen LogP contribution >= 0.6 is 34.8 Å². The second-order valence-corrected chi connectivity index (χ2v) is 9.10. The molecular formula is C26H20FIN2O3S. The number of ether oxygens (including phenoxy) is 1. The Hall–Kier alpha value is -3.11. The Balaban J connectivity index is 1.56. The van der Waals surface area contributed by atoms with Gasteiger partial charge in [0.05, 0.1) is 9.26 Å². The maximum atomic E-state index is 13.8. The van der Waals surface area contributed by atoms with E-state index >= 15 is 0 Å². The van der Waals surface area contributed by atoms with E-state index in [2.05, 4.69) is 27.9 Å². The monoisotopic (exact) mass is 586 g/mol. The molecule has 0 bridgehead atoms. The van der Waals surface area contributed by atoms with Crippen LogP contribution in [-0.2, 0) is 22.6 Å². The maximum absolute atomic E-state index is 13.8. The number of nitrogens with zero attached hydrogens (tertiary/aromatic N) is 1. The topological polar surface area (TPSA) is 58.6 Å². The molecule has 0 aromatic heterocycles. The number of carbonyl (C=O) groups excluding carboxylic acids is 2. The molecule has 3 aromatic rings. The fourth-order valence-corrected chi connectivity index (χ4v) is 4.41. The highest BCUT2D eigenvalue weighted by molar-refractivity contribution is 14.1. The Labute approximate surface area is 215 Å². The van der Waals surface area contributed by atoms with Crippen molar-refractivity contribution in [3.63, 3.8) is 0 Å². The lowest BCUT2D eigenvalue weighted by atomic mass is 10.1. The van der Waals surface area contributed by atoms with Crippen molar-refractivity contribution in [1.82, 2.24) is 5.32 Å². The minimum atomic E-state index is -0.550. The number of hydrogen-bond donors (Lipinski definition) is 1. The number of halogens is 2. The van der Waals surface area contributed by atoms with Crippen LogP contribution in [0.1, 0.15) is 23.6 Å². The van der Waals surface area contributed by atoms with Gasteiger partial charge in [-0.25, -0.2) is 4.39 Å². The van der Waals surface area contributed by atoms with Crippen molar-refractivity contribution in [2.45, 2.75) is 20.0 Å². The van der Waals surface area contributed by atoms with Crippen molar-refractivity contribution in [1.29, 1.82) is 0 Å². The Morgan fingerprint density at radius 1 is 1.09 bits per heavy atom. The number of anilines is 1. The number of aryl methyl sites for hydroxylation is 1. The lowest BCUT2D eigenvalue weighted by molar-refractivity contribution is -0.122. The van der Waals surface area contributed by atoms with Gasteiger partial charge in [-0.05, 0) is 88.8 Å². The second kappa shape index (κ2) is 10.4. The van der Waals surface area contributed by atoms with Crippen LogP contribution in [0.5, 0.6) is 5.75 Å². The molecule has 0 aliphatic carbocycles. The zero-order chi connectivity index (χ0) is 24.2. The maximum Gasteiger partial charge on any atom is 0.270 e. The SMILES string of the molecule is CCc1ccc(N2C(=O)/C(=C/c3ccc(OCc4ccccc4F)c(I)c3)C(=O)NC2=S)cc1. The molecule has 5 nitrogen and oxygen atoms in total. The van der Waals surface area contributed by atoms with Crippen LogP contribution in [0.4, 0.5) is 10.1 Å². The normalized spacial score (nSPS) is 15.0. The molecule has 1 N–H and O–H groups in total. The summed E-state index contributed by atoms with van der Waals surface area (Å²) < 4.78 is 20.4. The van der Waals surface area contributed by atoms with E-state index in [9.17, 15) is 14.0 Å². The standard InChI is InChI=1S/C26H20FIN2O3S/c1-2-16-7-10-19(11-8-16)30-25(32)20(24(31)29-26(30)34)13-17-9-12-23(22(28)14-17)33-15-18-5-3-4-6-21(18)27/h3-14H,2,15H2,1H3,(H,29,31,34)/b20-13+. The van der Waals surface area contributed by atoms with Gasteiger partial charge in [-0.3, -0.25) is 19.8 Å². The molecule has 1 heterocycles. The summed E-state index contributed by atoms with van der Waals surface area (Å²) in [5.41, 5.74) is 2.80. The van der Waals surface area contributed by atoms with Crippen molar-refractivity contribution in [3.05, 3.63) is 98.4 Å². The predicted octanol–water partition coefficient (Wildman–Crippen LogP) is 5.40. The van der Waals surface area contributed by atoms with Crippen LogP contribution in [0.3, 0.4) is 0 Å². The molecule has 0 saturated carbocycles. The molecule has 0 unspecified atom stereocenters. The minimum absolute atomic E-state index is 0.0241. The molecular weight excluding hydrogens is 566 g/mol. The van der Waals surface area contributed by atoms with Gasteiger partial charge in [0.1, 0.15) is 23.7 Å². The molecule has 4 rings (SSSR count).